The predicted octanol–water partition coefficient (Wildman–Crippen LogP) is 4.01. The van der Waals surface area contributed by atoms with Crippen molar-refractivity contribution in [2.45, 2.75) is 76.9 Å². The van der Waals surface area contributed by atoms with Crippen LogP contribution in [0, 0.1) is 5.41 Å². The quantitative estimate of drug-likeness (QED) is 0.875. The Hall–Kier alpha value is -1.36. The summed E-state index contributed by atoms with van der Waals surface area (Å²) in [5, 5.41) is 3.75. The van der Waals surface area contributed by atoms with Crippen molar-refractivity contribution in [2.24, 2.45) is 5.41 Å². The molecule has 2 heterocycles. The van der Waals surface area contributed by atoms with Crippen molar-refractivity contribution in [1.82, 2.24) is 9.97 Å². The van der Waals surface area contributed by atoms with Crippen molar-refractivity contribution in [3.63, 3.8) is 0 Å². The van der Waals surface area contributed by atoms with Crippen molar-refractivity contribution in [3.8, 4) is 0 Å². The van der Waals surface area contributed by atoms with Crippen LogP contribution in [-0.2, 0) is 4.74 Å². The molecule has 1 aliphatic heterocycles. The summed E-state index contributed by atoms with van der Waals surface area (Å²) in [6.45, 7) is 5.12. The minimum Gasteiger partial charge on any atom is -0.378 e. The molecule has 4 rings (SSSR count). The Kier molecular flexibility index (Phi) is 5.11. The Balaban J connectivity index is 1.46. The number of aromatic nitrogens is 2. The molecule has 1 aromatic rings. The summed E-state index contributed by atoms with van der Waals surface area (Å²) in [7, 11) is 0. The van der Waals surface area contributed by atoms with E-state index < -0.39 is 0 Å². The van der Waals surface area contributed by atoms with E-state index in [1.807, 2.05) is 12.3 Å². The fraction of sp³-hybridized carbons (Fsp3) is 0.800. The number of ether oxygens (including phenoxy) is 1. The number of nitrogens with one attached hydrogen (secondary N) is 1. The molecule has 2 unspecified atom stereocenters. The second kappa shape index (κ2) is 7.48. The Bertz CT molecular complexity index is 567. The molecule has 1 N–H and O–H groups in total. The Morgan fingerprint density at radius 2 is 1.92 bits per heavy atom. The van der Waals surface area contributed by atoms with E-state index in [-0.39, 0.29) is 0 Å². The van der Waals surface area contributed by atoms with Gasteiger partial charge >= 0.3 is 0 Å². The van der Waals surface area contributed by atoms with Crippen molar-refractivity contribution < 1.29 is 4.74 Å². The van der Waals surface area contributed by atoms with Gasteiger partial charge in [-0.15, -0.1) is 0 Å². The van der Waals surface area contributed by atoms with Crippen LogP contribution < -0.4 is 10.2 Å². The fourth-order valence-corrected chi connectivity index (χ4v) is 5.12. The minimum atomic E-state index is 0.324. The van der Waals surface area contributed by atoms with Crippen LogP contribution in [0.3, 0.4) is 0 Å². The van der Waals surface area contributed by atoms with Crippen LogP contribution in [0.4, 0.5) is 11.8 Å². The molecule has 2 aliphatic carbocycles. The zero-order chi connectivity index (χ0) is 17.1. The number of rotatable bonds is 5. The molecule has 5 nitrogen and oxygen atoms in total. The number of piperidine rings is 1. The monoisotopic (exact) mass is 344 g/mol. The molecular formula is C20H32N4O. The molecule has 0 radical (unpaired) electrons. The van der Waals surface area contributed by atoms with E-state index in [0.717, 1.165) is 37.9 Å². The first kappa shape index (κ1) is 17.1. The van der Waals surface area contributed by atoms with Crippen LogP contribution in [0.1, 0.15) is 64.7 Å². The lowest BCUT2D eigenvalue weighted by molar-refractivity contribution is -0.134. The summed E-state index contributed by atoms with van der Waals surface area (Å²) < 4.78 is 6.08. The summed E-state index contributed by atoms with van der Waals surface area (Å²) in [4.78, 5) is 11.7. The van der Waals surface area contributed by atoms with Crippen LogP contribution in [0.15, 0.2) is 12.3 Å². The van der Waals surface area contributed by atoms with Gasteiger partial charge in [0.2, 0.25) is 5.95 Å². The smallest absolute Gasteiger partial charge is 0.227 e. The van der Waals surface area contributed by atoms with Gasteiger partial charge in [-0.2, -0.15) is 4.98 Å². The maximum Gasteiger partial charge on any atom is 0.227 e. The Morgan fingerprint density at radius 1 is 1.16 bits per heavy atom. The zero-order valence-corrected chi connectivity index (χ0v) is 15.5. The highest BCUT2D eigenvalue weighted by Crippen LogP contribution is 2.54. The Morgan fingerprint density at radius 3 is 2.68 bits per heavy atom. The average Bonchev–Trinajstić information content (AvgIpc) is 2.69. The van der Waals surface area contributed by atoms with E-state index in [4.69, 9.17) is 9.72 Å². The van der Waals surface area contributed by atoms with Crippen molar-refractivity contribution in [3.05, 3.63) is 12.3 Å². The van der Waals surface area contributed by atoms with Crippen LogP contribution in [0.25, 0.3) is 0 Å². The second-order valence-electron chi connectivity index (χ2n) is 7.96. The van der Waals surface area contributed by atoms with Crippen molar-refractivity contribution >= 4 is 11.8 Å². The maximum atomic E-state index is 6.08. The van der Waals surface area contributed by atoms with Gasteiger partial charge in [-0.3, -0.25) is 0 Å². The predicted molar refractivity (Wildman–Crippen MR) is 101 cm³/mol. The molecule has 1 saturated heterocycles. The van der Waals surface area contributed by atoms with Gasteiger partial charge in [0.25, 0.3) is 0 Å². The standard InChI is InChI=1S/C20H32N4O/c1-2-25-17-15-16(20(17)10-5-3-6-11-20)22-18-9-12-21-19(23-18)24-13-7-4-8-14-24/h9,12,16-17H,2-8,10-11,13-15H2,1H3,(H,21,22,23). The van der Waals surface area contributed by atoms with E-state index >= 15 is 0 Å². The van der Waals surface area contributed by atoms with Gasteiger partial charge in [-0.1, -0.05) is 19.3 Å². The van der Waals surface area contributed by atoms with Crippen LogP contribution in [0.5, 0.6) is 0 Å². The topological polar surface area (TPSA) is 50.3 Å². The van der Waals surface area contributed by atoms with Gasteiger partial charge in [0.15, 0.2) is 0 Å². The highest BCUT2D eigenvalue weighted by Gasteiger charge is 2.55. The molecular weight excluding hydrogens is 312 g/mol. The fourth-order valence-electron chi connectivity index (χ4n) is 5.12. The van der Waals surface area contributed by atoms with Crippen LogP contribution >= 0.6 is 0 Å². The van der Waals surface area contributed by atoms with Gasteiger partial charge in [-0.05, 0) is 51.5 Å². The lowest BCUT2D eigenvalue weighted by Crippen LogP contribution is -2.62. The van der Waals surface area contributed by atoms with E-state index in [1.165, 1.54) is 51.4 Å². The summed E-state index contributed by atoms with van der Waals surface area (Å²) in [5.41, 5.74) is 0.324. The SMILES string of the molecule is CCOC1CC(Nc2ccnc(N3CCCCC3)n2)C12CCCCC2. The van der Waals surface area contributed by atoms with Crippen molar-refractivity contribution in [2.75, 3.05) is 29.9 Å². The normalized spacial score (nSPS) is 28.6. The second-order valence-corrected chi connectivity index (χ2v) is 7.96. The van der Waals surface area contributed by atoms with Crippen LogP contribution in [-0.4, -0.2) is 41.8 Å². The van der Waals surface area contributed by atoms with E-state index in [1.54, 1.807) is 0 Å². The van der Waals surface area contributed by atoms with Gasteiger partial charge in [0.1, 0.15) is 5.82 Å². The molecule has 0 aromatic carbocycles. The van der Waals surface area contributed by atoms with Gasteiger partial charge in [0.05, 0.1) is 6.10 Å². The lowest BCUT2D eigenvalue weighted by Gasteiger charge is -2.57. The molecule has 2 saturated carbocycles. The summed E-state index contributed by atoms with van der Waals surface area (Å²) >= 11 is 0. The molecule has 1 spiro atoms. The third kappa shape index (κ3) is 3.35. The molecule has 1 aromatic heterocycles. The van der Waals surface area contributed by atoms with Crippen molar-refractivity contribution in [1.29, 1.82) is 0 Å². The molecule has 25 heavy (non-hydrogen) atoms. The summed E-state index contributed by atoms with van der Waals surface area (Å²) in [5.74, 6) is 1.88. The average molecular weight is 345 g/mol. The maximum absolute atomic E-state index is 6.08. The molecule has 138 valence electrons. The van der Waals surface area contributed by atoms with Crippen LogP contribution in [0.2, 0.25) is 0 Å². The van der Waals surface area contributed by atoms with Gasteiger partial charge < -0.3 is 15.0 Å². The summed E-state index contributed by atoms with van der Waals surface area (Å²) in [6.07, 6.45) is 13.9. The first-order valence-electron chi connectivity index (χ1n) is 10.3. The lowest BCUT2D eigenvalue weighted by atomic mass is 9.55. The molecule has 0 amide bonds. The molecule has 2 atom stereocenters. The number of hydrogen-bond acceptors (Lipinski definition) is 5. The van der Waals surface area contributed by atoms with E-state index in [0.29, 0.717) is 17.6 Å². The first-order valence-corrected chi connectivity index (χ1v) is 10.3. The third-order valence-corrected chi connectivity index (χ3v) is 6.54. The van der Waals surface area contributed by atoms with Gasteiger partial charge in [0, 0.05) is 37.4 Å². The largest absolute Gasteiger partial charge is 0.378 e. The highest BCUT2D eigenvalue weighted by atomic mass is 16.5. The first-order chi connectivity index (χ1) is 12.3. The third-order valence-electron chi connectivity index (χ3n) is 6.54. The molecule has 0 bridgehead atoms. The zero-order valence-electron chi connectivity index (χ0n) is 15.5. The minimum absolute atomic E-state index is 0.324. The van der Waals surface area contributed by atoms with E-state index in [9.17, 15) is 0 Å². The highest BCUT2D eigenvalue weighted by molar-refractivity contribution is 5.43. The number of anilines is 2. The van der Waals surface area contributed by atoms with E-state index in [2.05, 4.69) is 22.1 Å². The Labute approximate surface area is 151 Å². The summed E-state index contributed by atoms with van der Waals surface area (Å²) in [6, 6.07) is 2.52. The molecule has 3 fully saturated rings. The van der Waals surface area contributed by atoms with Gasteiger partial charge in [-0.25, -0.2) is 4.98 Å². The number of nitrogens with zero attached hydrogens (tertiary/aromatic N) is 3. The molecule has 5 heteroatoms. The number of hydrogen-bond donors (Lipinski definition) is 1. The molecule has 3 aliphatic rings.